The minimum Gasteiger partial charge on any atom is -0.504 e. The average molecular weight is 143 g/mol. The summed E-state index contributed by atoms with van der Waals surface area (Å²) in [5.41, 5.74) is -0.405. The third-order valence-electron chi connectivity index (χ3n) is 1.08. The monoisotopic (exact) mass is 143 g/mol. The fourth-order valence-corrected chi connectivity index (χ4v) is 0.566. The van der Waals surface area contributed by atoms with Gasteiger partial charge in [0.2, 0.25) is 0 Å². The third-order valence-corrected chi connectivity index (χ3v) is 1.08. The van der Waals surface area contributed by atoms with E-state index in [9.17, 15) is 4.79 Å². The van der Waals surface area contributed by atoms with Gasteiger partial charge in [0.05, 0.1) is 6.61 Å². The topological polar surface area (TPSA) is 70.7 Å². The molecule has 0 atom stereocenters. The lowest BCUT2D eigenvalue weighted by Crippen LogP contribution is -1.98. The van der Waals surface area contributed by atoms with Gasteiger partial charge >= 0.3 is 5.63 Å². The van der Waals surface area contributed by atoms with E-state index in [1.54, 1.807) is 0 Å². The van der Waals surface area contributed by atoms with Gasteiger partial charge in [-0.2, -0.15) is 0 Å². The molecular weight excluding hydrogens is 137 g/mol. The predicted molar refractivity (Wildman–Crippen MR) is 32.6 cm³/mol. The third kappa shape index (κ3) is 1.16. The van der Waals surface area contributed by atoms with Gasteiger partial charge in [0.25, 0.3) is 0 Å². The van der Waals surface area contributed by atoms with Crippen molar-refractivity contribution in [1.82, 2.24) is 0 Å². The maximum absolute atomic E-state index is 10.4. The average Bonchev–Trinajstić information content (AvgIpc) is 1.94. The highest BCUT2D eigenvalue weighted by Crippen LogP contribution is 2.11. The van der Waals surface area contributed by atoms with E-state index in [1.807, 2.05) is 0 Å². The second-order valence-electron chi connectivity index (χ2n) is 1.77. The second kappa shape index (κ2) is 2.53. The molecule has 0 aliphatic heterocycles. The zero-order chi connectivity index (χ0) is 7.56. The molecule has 54 valence electrons. The lowest BCUT2D eigenvalue weighted by Gasteiger charge is -1.95. The highest BCUT2D eigenvalue weighted by molar-refractivity contribution is 5.25. The van der Waals surface area contributed by atoms with Crippen molar-refractivity contribution >= 4 is 0 Å². The van der Waals surface area contributed by atoms with Crippen LogP contribution in [0.4, 0.5) is 0 Å². The van der Waals surface area contributed by atoms with Crippen LogP contribution < -0.4 is 5.63 Å². The Hall–Kier alpha value is -1.29. The smallest absolute Gasteiger partial charge is 0.336 e. The summed E-state index contributed by atoms with van der Waals surface area (Å²) in [5, 5.41) is 17.3. The first-order chi connectivity index (χ1) is 4.74. The Morgan fingerprint density at radius 1 is 1.60 bits per heavy atom. The van der Waals surface area contributed by atoms with Crippen LogP contribution in [0, 0.1) is 0 Å². The van der Waals surface area contributed by atoms with Crippen LogP contribution in [0.15, 0.2) is 21.5 Å². The van der Waals surface area contributed by atoms with Crippen LogP contribution in [-0.4, -0.2) is 10.2 Å². The van der Waals surface area contributed by atoms with Crippen molar-refractivity contribution in [2.45, 2.75) is 6.61 Å². The van der Waals surface area contributed by atoms with Gasteiger partial charge in [-0.15, -0.1) is 0 Å². The van der Waals surface area contributed by atoms with Gasteiger partial charge in [-0.25, -0.2) is 4.79 Å². The molecule has 4 nitrogen and oxygen atoms in total. The van der Waals surface area contributed by atoms with Gasteiger partial charge in [0, 0.05) is 11.6 Å². The summed E-state index contributed by atoms with van der Waals surface area (Å²) in [6.45, 7) is -0.364. The summed E-state index contributed by atoms with van der Waals surface area (Å²) in [6.07, 6.45) is 0.897. The Morgan fingerprint density at radius 2 is 2.30 bits per heavy atom. The molecule has 0 bridgehead atoms. The van der Waals surface area contributed by atoms with Gasteiger partial charge in [-0.3, -0.25) is 0 Å². The summed E-state index contributed by atoms with van der Waals surface area (Å²) >= 11 is 0. The molecule has 0 spiro atoms. The molecule has 1 rings (SSSR count). The van der Waals surface area contributed by atoms with E-state index in [2.05, 4.69) is 4.42 Å². The summed E-state index contributed by atoms with van der Waals surface area (Å²) in [6, 6.07) is 1.04. The highest BCUT2D eigenvalue weighted by Gasteiger charge is 1.99. The molecule has 0 aromatic carbocycles. The Balaban J connectivity index is 3.22. The van der Waals surface area contributed by atoms with Gasteiger partial charge < -0.3 is 14.6 Å². The van der Waals surface area contributed by atoms with E-state index < -0.39 is 5.63 Å². The maximum atomic E-state index is 10.4. The summed E-state index contributed by atoms with van der Waals surface area (Å²) < 4.78 is 4.28. The largest absolute Gasteiger partial charge is 0.504 e. The SMILES string of the molecule is O=[13c]1cc(CO)c(O)co1. The van der Waals surface area contributed by atoms with E-state index in [0.717, 1.165) is 12.3 Å². The van der Waals surface area contributed by atoms with Crippen molar-refractivity contribution < 1.29 is 14.6 Å². The van der Waals surface area contributed by atoms with Crippen molar-refractivity contribution in [3.63, 3.8) is 0 Å². The number of rotatable bonds is 1. The molecule has 1 aromatic heterocycles. The molecule has 0 saturated heterocycles. The number of aliphatic hydroxyl groups excluding tert-OH is 1. The number of hydrogen-bond acceptors (Lipinski definition) is 4. The molecule has 0 aliphatic carbocycles. The summed E-state index contributed by atoms with van der Waals surface area (Å²) in [7, 11) is 0. The van der Waals surface area contributed by atoms with Crippen LogP contribution in [0.25, 0.3) is 0 Å². The standard InChI is InChI=1S/C6H6O4/c7-2-4-1-6(9)10-3-5(4)8/h1,3,7-8H,2H2/i6+1. The quantitative estimate of drug-likeness (QED) is 0.573. The van der Waals surface area contributed by atoms with Crippen LogP contribution in [0.3, 0.4) is 0 Å². The van der Waals surface area contributed by atoms with Crippen molar-refractivity contribution in [2.24, 2.45) is 0 Å². The Morgan fingerprint density at radius 3 is 2.80 bits per heavy atom. The molecule has 0 saturated carbocycles. The first kappa shape index (κ1) is 6.82. The Labute approximate surface area is 56.4 Å². The molecule has 4 heteroatoms. The van der Waals surface area contributed by atoms with Gasteiger partial charge in [-0.05, 0) is 0 Å². The van der Waals surface area contributed by atoms with E-state index >= 15 is 0 Å². The Kier molecular flexibility index (Phi) is 1.73. The van der Waals surface area contributed by atoms with Crippen molar-refractivity contribution in [3.8, 4) is 5.75 Å². The minimum atomic E-state index is -0.582. The second-order valence-corrected chi connectivity index (χ2v) is 1.77. The molecule has 0 radical (unpaired) electrons. The zero-order valence-electron chi connectivity index (χ0n) is 5.07. The maximum Gasteiger partial charge on any atom is 0.336 e. The number of aliphatic hydroxyl groups is 1. The van der Waals surface area contributed by atoms with E-state index in [4.69, 9.17) is 10.2 Å². The molecule has 0 amide bonds. The van der Waals surface area contributed by atoms with Gasteiger partial charge in [0.15, 0.2) is 5.75 Å². The molecule has 10 heavy (non-hydrogen) atoms. The van der Waals surface area contributed by atoms with Crippen molar-refractivity contribution in [1.29, 1.82) is 0 Å². The van der Waals surface area contributed by atoms with Gasteiger partial charge in [-0.1, -0.05) is 0 Å². The van der Waals surface area contributed by atoms with Crippen molar-refractivity contribution in [3.05, 3.63) is 28.3 Å². The number of hydrogen-bond donors (Lipinski definition) is 2. The lowest BCUT2D eigenvalue weighted by molar-refractivity contribution is 0.272. The first-order valence-corrected chi connectivity index (χ1v) is 2.65. The summed E-state index contributed by atoms with van der Waals surface area (Å²) in [4.78, 5) is 10.4. The minimum absolute atomic E-state index is 0.177. The molecule has 0 unspecified atom stereocenters. The summed E-state index contributed by atoms with van der Waals surface area (Å²) in [5.74, 6) is -0.206. The molecule has 1 heterocycles. The molecule has 1 aromatic rings. The van der Waals surface area contributed by atoms with Crippen LogP contribution >= 0.6 is 0 Å². The molecule has 0 aliphatic rings. The molecular formula is C6H6O4. The fraction of sp³-hybridized carbons (Fsp3) is 0.167. The molecule has 0 fully saturated rings. The highest BCUT2D eigenvalue weighted by atomic mass is 16.5. The predicted octanol–water partition coefficient (Wildman–Crippen LogP) is -0.162. The lowest BCUT2D eigenvalue weighted by atomic mass is 10.3. The van der Waals surface area contributed by atoms with Crippen LogP contribution in [0.1, 0.15) is 5.56 Å². The van der Waals surface area contributed by atoms with E-state index in [1.165, 1.54) is 0 Å². The van der Waals surface area contributed by atoms with Crippen LogP contribution in [0.5, 0.6) is 5.75 Å². The van der Waals surface area contributed by atoms with Crippen LogP contribution in [0.2, 0.25) is 0 Å². The van der Waals surface area contributed by atoms with E-state index in [-0.39, 0.29) is 17.9 Å². The van der Waals surface area contributed by atoms with E-state index in [0.29, 0.717) is 0 Å². The molecule has 2 N–H and O–H groups in total. The Bertz CT molecular complexity index is 275. The van der Waals surface area contributed by atoms with Gasteiger partial charge in [0.1, 0.15) is 6.26 Å². The number of aromatic hydroxyl groups is 1. The van der Waals surface area contributed by atoms with Crippen LogP contribution in [-0.2, 0) is 6.61 Å². The zero-order valence-corrected chi connectivity index (χ0v) is 5.07. The first-order valence-electron chi connectivity index (χ1n) is 2.65. The normalized spacial score (nSPS) is 9.70. The van der Waals surface area contributed by atoms with Crippen molar-refractivity contribution in [2.75, 3.05) is 0 Å². The fourth-order valence-electron chi connectivity index (χ4n) is 0.566.